The van der Waals surface area contributed by atoms with Crippen molar-refractivity contribution in [1.29, 1.82) is 0 Å². The molecule has 0 saturated carbocycles. The number of aliphatic hydroxyl groups excluding tert-OH is 1. The van der Waals surface area contributed by atoms with Crippen molar-refractivity contribution in [2.24, 2.45) is 5.73 Å². The molecule has 0 aliphatic heterocycles. The Morgan fingerprint density at radius 3 is 2.00 bits per heavy atom. The molecule has 0 saturated heterocycles. The normalized spacial score (nSPS) is 14.1. The fourth-order valence-electron chi connectivity index (χ4n) is 2.49. The second-order valence-corrected chi connectivity index (χ2v) is 6.65. The monoisotopic (exact) mass is 291 g/mol. The van der Waals surface area contributed by atoms with Crippen molar-refractivity contribution in [3.63, 3.8) is 0 Å². The first-order valence-electron chi connectivity index (χ1n) is 8.55. The van der Waals surface area contributed by atoms with E-state index in [-0.39, 0.29) is 6.61 Å². The molecule has 2 heteroatoms. The number of benzene rings is 1. The number of rotatable bonds is 11. The molecule has 1 rings (SSSR count). The first kappa shape index (κ1) is 18.2. The molecule has 3 N–H and O–H groups in total. The Morgan fingerprint density at radius 2 is 1.43 bits per heavy atom. The van der Waals surface area contributed by atoms with E-state index < -0.39 is 5.54 Å². The number of aryl methyl sites for hydroxylation is 2. The van der Waals surface area contributed by atoms with Crippen LogP contribution in [0.4, 0.5) is 0 Å². The predicted molar refractivity (Wildman–Crippen MR) is 91.5 cm³/mol. The number of nitrogens with two attached hydrogens (primary N) is 1. The van der Waals surface area contributed by atoms with Gasteiger partial charge in [-0.1, -0.05) is 63.3 Å². The van der Waals surface area contributed by atoms with Crippen LogP contribution in [-0.4, -0.2) is 17.3 Å². The van der Waals surface area contributed by atoms with E-state index in [1.54, 1.807) is 0 Å². The molecule has 0 aliphatic rings. The summed E-state index contributed by atoms with van der Waals surface area (Å²) in [6.45, 7) is 4.21. The summed E-state index contributed by atoms with van der Waals surface area (Å²) in [7, 11) is 0. The lowest BCUT2D eigenvalue weighted by Crippen LogP contribution is -2.40. The molecule has 0 amide bonds. The second kappa shape index (κ2) is 9.97. The first-order valence-corrected chi connectivity index (χ1v) is 8.55. The van der Waals surface area contributed by atoms with Gasteiger partial charge in [-0.05, 0) is 43.7 Å². The molecule has 1 aromatic carbocycles. The van der Waals surface area contributed by atoms with Crippen LogP contribution in [0.25, 0.3) is 0 Å². The second-order valence-electron chi connectivity index (χ2n) is 6.65. The van der Waals surface area contributed by atoms with Gasteiger partial charge in [0.25, 0.3) is 0 Å². The van der Waals surface area contributed by atoms with Crippen LogP contribution in [0.3, 0.4) is 0 Å². The van der Waals surface area contributed by atoms with E-state index in [0.29, 0.717) is 0 Å². The average Bonchev–Trinajstić information content (AvgIpc) is 2.50. The summed E-state index contributed by atoms with van der Waals surface area (Å²) in [5.74, 6) is 0. The molecule has 0 radical (unpaired) electrons. The maximum atomic E-state index is 9.17. The Kier molecular flexibility index (Phi) is 8.63. The minimum atomic E-state index is -0.461. The fraction of sp³-hybridized carbons (Fsp3) is 0.684. The van der Waals surface area contributed by atoms with Crippen molar-refractivity contribution < 1.29 is 5.11 Å². The van der Waals surface area contributed by atoms with Crippen LogP contribution in [0.5, 0.6) is 0 Å². The zero-order valence-electron chi connectivity index (χ0n) is 13.9. The Balaban J connectivity index is 2.24. The van der Waals surface area contributed by atoms with Gasteiger partial charge in [0, 0.05) is 5.54 Å². The largest absolute Gasteiger partial charge is 0.394 e. The Bertz CT molecular complexity index is 370. The zero-order chi connectivity index (χ0) is 15.6. The van der Waals surface area contributed by atoms with Crippen molar-refractivity contribution in [1.82, 2.24) is 0 Å². The average molecular weight is 291 g/mol. The molecular formula is C19H33NO. The minimum absolute atomic E-state index is 0.0448. The third-order valence-electron chi connectivity index (χ3n) is 4.19. The van der Waals surface area contributed by atoms with Gasteiger partial charge >= 0.3 is 0 Å². The van der Waals surface area contributed by atoms with Gasteiger partial charge < -0.3 is 10.8 Å². The van der Waals surface area contributed by atoms with E-state index in [2.05, 4.69) is 31.2 Å². The summed E-state index contributed by atoms with van der Waals surface area (Å²) in [5, 5.41) is 9.17. The molecule has 120 valence electrons. The quantitative estimate of drug-likeness (QED) is 0.599. The number of unbranched alkanes of at least 4 members (excludes halogenated alkanes) is 5. The van der Waals surface area contributed by atoms with Crippen molar-refractivity contribution in [3.05, 3.63) is 35.4 Å². The summed E-state index contributed by atoms with van der Waals surface area (Å²) in [6.07, 6.45) is 11.1. The van der Waals surface area contributed by atoms with Gasteiger partial charge in [0.2, 0.25) is 0 Å². The third kappa shape index (κ3) is 8.23. The number of hydrogen-bond acceptors (Lipinski definition) is 2. The topological polar surface area (TPSA) is 46.2 Å². The Hall–Kier alpha value is -0.860. The molecule has 0 bridgehead atoms. The molecular weight excluding hydrogens is 258 g/mol. The summed E-state index contributed by atoms with van der Waals surface area (Å²) in [4.78, 5) is 0. The number of aliphatic hydroxyl groups is 1. The smallest absolute Gasteiger partial charge is 0.0608 e. The summed E-state index contributed by atoms with van der Waals surface area (Å²) < 4.78 is 0. The van der Waals surface area contributed by atoms with Crippen LogP contribution < -0.4 is 5.73 Å². The van der Waals surface area contributed by atoms with Crippen molar-refractivity contribution >= 4 is 0 Å². The third-order valence-corrected chi connectivity index (χ3v) is 4.19. The van der Waals surface area contributed by atoms with Gasteiger partial charge in [0.1, 0.15) is 0 Å². The minimum Gasteiger partial charge on any atom is -0.394 e. The maximum Gasteiger partial charge on any atom is 0.0608 e. The van der Waals surface area contributed by atoms with Gasteiger partial charge in [-0.2, -0.15) is 0 Å². The lowest BCUT2D eigenvalue weighted by Gasteiger charge is -2.21. The molecule has 0 aromatic heterocycles. The molecule has 0 spiro atoms. The van der Waals surface area contributed by atoms with Crippen molar-refractivity contribution in [3.8, 4) is 0 Å². The van der Waals surface area contributed by atoms with Crippen LogP contribution in [0.2, 0.25) is 0 Å². The first-order chi connectivity index (χ1) is 10.1. The van der Waals surface area contributed by atoms with Crippen LogP contribution in [-0.2, 0) is 12.8 Å². The van der Waals surface area contributed by atoms with Gasteiger partial charge in [-0.15, -0.1) is 0 Å². The van der Waals surface area contributed by atoms with Crippen molar-refractivity contribution in [2.45, 2.75) is 77.2 Å². The SMILES string of the molecule is CCCCCCCCc1ccc(CCC(C)(N)CO)cc1. The standard InChI is InChI=1S/C19H33NO/c1-3-4-5-6-7-8-9-17-10-12-18(13-11-17)14-15-19(2,20)16-21/h10-13,21H,3-9,14-16,20H2,1-2H3. The van der Waals surface area contributed by atoms with Crippen LogP contribution >= 0.6 is 0 Å². The highest BCUT2D eigenvalue weighted by molar-refractivity contribution is 5.23. The molecule has 1 unspecified atom stereocenters. The molecule has 0 aliphatic carbocycles. The number of hydrogen-bond donors (Lipinski definition) is 2. The molecule has 1 aromatic rings. The van der Waals surface area contributed by atoms with E-state index in [9.17, 15) is 0 Å². The fourth-order valence-corrected chi connectivity index (χ4v) is 2.49. The summed E-state index contributed by atoms with van der Waals surface area (Å²) in [6, 6.07) is 8.90. The van der Waals surface area contributed by atoms with Gasteiger partial charge in [0.05, 0.1) is 6.61 Å². The highest BCUT2D eigenvalue weighted by Gasteiger charge is 2.16. The predicted octanol–water partition coefficient (Wildman–Crippen LogP) is 4.23. The molecule has 0 heterocycles. The molecule has 1 atom stereocenters. The van der Waals surface area contributed by atoms with E-state index in [1.165, 1.54) is 56.1 Å². The van der Waals surface area contributed by atoms with Crippen LogP contribution in [0, 0.1) is 0 Å². The Labute approximate surface area is 130 Å². The van der Waals surface area contributed by atoms with E-state index >= 15 is 0 Å². The van der Waals surface area contributed by atoms with E-state index in [4.69, 9.17) is 10.8 Å². The lowest BCUT2D eigenvalue weighted by atomic mass is 9.94. The maximum absolute atomic E-state index is 9.17. The van der Waals surface area contributed by atoms with Gasteiger partial charge in [-0.3, -0.25) is 0 Å². The van der Waals surface area contributed by atoms with Crippen molar-refractivity contribution in [2.75, 3.05) is 6.61 Å². The molecule has 0 fully saturated rings. The molecule has 21 heavy (non-hydrogen) atoms. The molecule has 2 nitrogen and oxygen atoms in total. The van der Waals surface area contributed by atoms with Crippen LogP contribution in [0.15, 0.2) is 24.3 Å². The van der Waals surface area contributed by atoms with E-state index in [0.717, 1.165) is 12.8 Å². The summed E-state index contributed by atoms with van der Waals surface area (Å²) in [5.41, 5.74) is 8.25. The van der Waals surface area contributed by atoms with Gasteiger partial charge in [-0.25, -0.2) is 0 Å². The highest BCUT2D eigenvalue weighted by atomic mass is 16.3. The highest BCUT2D eigenvalue weighted by Crippen LogP contribution is 2.14. The Morgan fingerprint density at radius 1 is 0.905 bits per heavy atom. The lowest BCUT2D eigenvalue weighted by molar-refractivity contribution is 0.200. The van der Waals surface area contributed by atoms with Crippen LogP contribution in [0.1, 0.15) is 69.9 Å². The van der Waals surface area contributed by atoms with Gasteiger partial charge in [0.15, 0.2) is 0 Å². The van der Waals surface area contributed by atoms with E-state index in [1.807, 2.05) is 6.92 Å². The summed E-state index contributed by atoms with van der Waals surface area (Å²) >= 11 is 0. The zero-order valence-corrected chi connectivity index (χ0v) is 13.9.